The Kier molecular flexibility index (Phi) is 7.29. The van der Waals surface area contributed by atoms with Crippen molar-refractivity contribution in [3.8, 4) is 5.69 Å². The molecule has 1 N–H and O–H groups in total. The van der Waals surface area contributed by atoms with Crippen molar-refractivity contribution in [2.24, 2.45) is 13.0 Å². The number of likely N-dealkylation sites (tertiary alicyclic amines) is 1. The lowest BCUT2D eigenvalue weighted by Gasteiger charge is -2.32. The van der Waals surface area contributed by atoms with Gasteiger partial charge < -0.3 is 5.32 Å². The fourth-order valence-electron chi connectivity index (χ4n) is 4.09. The highest BCUT2D eigenvalue weighted by atomic mass is 35.5. The number of hydrogen-bond acceptors (Lipinski definition) is 5. The third-order valence-electron chi connectivity index (χ3n) is 6.25. The van der Waals surface area contributed by atoms with Crippen LogP contribution in [-0.2, 0) is 13.6 Å². The Morgan fingerprint density at radius 2 is 1.71 bits per heavy atom. The molecular formula is C25H28ClN5O3. The van der Waals surface area contributed by atoms with Gasteiger partial charge in [-0.2, -0.15) is 9.78 Å². The molecule has 4 rings (SSSR count). The van der Waals surface area contributed by atoms with Crippen LogP contribution in [0.3, 0.4) is 0 Å². The summed E-state index contributed by atoms with van der Waals surface area (Å²) in [6, 6.07) is 15.0. The minimum Gasteiger partial charge on any atom is -0.350 e. The average Bonchev–Trinajstić information content (AvgIpc) is 2.84. The Hall–Kier alpha value is -3.23. The number of amides is 1. The van der Waals surface area contributed by atoms with Gasteiger partial charge in [0.2, 0.25) is 5.69 Å². The third kappa shape index (κ3) is 5.46. The zero-order chi connectivity index (χ0) is 24.2. The van der Waals surface area contributed by atoms with Crippen molar-refractivity contribution in [2.75, 3.05) is 19.6 Å². The maximum Gasteiger partial charge on any atom is 0.351 e. The van der Waals surface area contributed by atoms with E-state index in [9.17, 15) is 14.4 Å². The molecule has 0 atom stereocenters. The maximum absolute atomic E-state index is 12.8. The summed E-state index contributed by atoms with van der Waals surface area (Å²) in [4.78, 5) is 40.3. The van der Waals surface area contributed by atoms with E-state index in [-0.39, 0.29) is 5.69 Å². The highest BCUT2D eigenvalue weighted by Gasteiger charge is 2.22. The molecule has 1 amide bonds. The summed E-state index contributed by atoms with van der Waals surface area (Å²) in [7, 11) is 1.33. The van der Waals surface area contributed by atoms with Gasteiger partial charge in [0, 0.05) is 25.2 Å². The molecule has 0 unspecified atom stereocenters. The Morgan fingerprint density at radius 3 is 2.35 bits per heavy atom. The zero-order valence-corrected chi connectivity index (χ0v) is 20.1. The first kappa shape index (κ1) is 23.9. The number of carbonyl (C=O) groups is 1. The number of aromatic nitrogens is 3. The van der Waals surface area contributed by atoms with Crippen LogP contribution in [0.15, 0.2) is 58.1 Å². The van der Waals surface area contributed by atoms with Gasteiger partial charge in [-0.15, -0.1) is 0 Å². The number of rotatable bonds is 6. The predicted molar refractivity (Wildman–Crippen MR) is 132 cm³/mol. The van der Waals surface area contributed by atoms with Crippen LogP contribution < -0.4 is 16.6 Å². The van der Waals surface area contributed by atoms with Crippen molar-refractivity contribution in [2.45, 2.75) is 26.3 Å². The lowest BCUT2D eigenvalue weighted by molar-refractivity contribution is 0.0925. The minimum atomic E-state index is -0.722. The number of nitrogens with one attached hydrogen (secondary N) is 1. The number of hydrogen-bond donors (Lipinski definition) is 1. The second-order valence-corrected chi connectivity index (χ2v) is 9.24. The van der Waals surface area contributed by atoms with Crippen LogP contribution in [0.2, 0.25) is 5.02 Å². The molecule has 9 heteroatoms. The van der Waals surface area contributed by atoms with Crippen LogP contribution in [0.1, 0.15) is 34.5 Å². The molecule has 8 nitrogen and oxygen atoms in total. The van der Waals surface area contributed by atoms with E-state index in [1.165, 1.54) is 18.2 Å². The van der Waals surface area contributed by atoms with Gasteiger partial charge in [0.05, 0.1) is 5.69 Å². The minimum absolute atomic E-state index is 0.311. The fraction of sp³-hybridized carbons (Fsp3) is 0.360. The summed E-state index contributed by atoms with van der Waals surface area (Å²) in [5.41, 5.74) is 1.31. The van der Waals surface area contributed by atoms with E-state index in [1.54, 1.807) is 24.3 Å². The summed E-state index contributed by atoms with van der Waals surface area (Å²) in [6.07, 6.45) is 1.92. The first-order valence-corrected chi connectivity index (χ1v) is 11.7. The fourth-order valence-corrected chi connectivity index (χ4v) is 4.21. The molecule has 1 aliphatic rings. The smallest absolute Gasteiger partial charge is 0.350 e. The third-order valence-corrected chi connectivity index (χ3v) is 6.50. The van der Waals surface area contributed by atoms with Crippen LogP contribution in [0.25, 0.3) is 5.69 Å². The number of halogens is 1. The molecule has 0 saturated carbocycles. The summed E-state index contributed by atoms with van der Waals surface area (Å²) >= 11 is 5.92. The summed E-state index contributed by atoms with van der Waals surface area (Å²) in [5.74, 6) is -0.255. The van der Waals surface area contributed by atoms with E-state index < -0.39 is 17.2 Å². The molecule has 1 aromatic heterocycles. The molecule has 2 heterocycles. The van der Waals surface area contributed by atoms with E-state index in [0.29, 0.717) is 23.2 Å². The van der Waals surface area contributed by atoms with Crippen molar-refractivity contribution in [3.05, 3.63) is 91.2 Å². The molecule has 34 heavy (non-hydrogen) atoms. The number of aryl methyl sites for hydroxylation is 1. The normalized spacial score (nSPS) is 14.8. The second-order valence-electron chi connectivity index (χ2n) is 8.80. The van der Waals surface area contributed by atoms with Gasteiger partial charge in [0.15, 0.2) is 0 Å². The molecule has 0 radical (unpaired) electrons. The Morgan fingerprint density at radius 1 is 1.06 bits per heavy atom. The summed E-state index contributed by atoms with van der Waals surface area (Å²) in [5, 5.41) is 7.42. The highest BCUT2D eigenvalue weighted by Crippen LogP contribution is 2.19. The Bertz CT molecular complexity index is 1270. The van der Waals surface area contributed by atoms with E-state index in [4.69, 9.17) is 11.6 Å². The first-order chi connectivity index (χ1) is 16.3. The molecule has 1 saturated heterocycles. The van der Waals surface area contributed by atoms with Gasteiger partial charge >= 0.3 is 5.69 Å². The molecule has 1 fully saturated rings. The molecule has 0 spiro atoms. The van der Waals surface area contributed by atoms with Crippen molar-refractivity contribution in [1.82, 2.24) is 24.6 Å². The SMILES string of the molecule is Cc1ccc(CN2CCC(CNC(=O)c3nn(-c4ccc(Cl)cc4)c(=O)n(C)c3=O)CC2)cc1. The van der Waals surface area contributed by atoms with E-state index in [2.05, 4.69) is 46.5 Å². The molecule has 0 bridgehead atoms. The average molecular weight is 482 g/mol. The zero-order valence-electron chi connectivity index (χ0n) is 19.3. The molecule has 2 aromatic carbocycles. The predicted octanol–water partition coefficient (Wildman–Crippen LogP) is 2.54. The number of benzene rings is 2. The lowest BCUT2D eigenvalue weighted by atomic mass is 9.96. The number of nitrogens with zero attached hydrogens (tertiary/aromatic N) is 4. The van der Waals surface area contributed by atoms with Crippen LogP contribution in [0.5, 0.6) is 0 Å². The quantitative estimate of drug-likeness (QED) is 0.584. The molecule has 1 aliphatic heterocycles. The molecule has 0 aliphatic carbocycles. The maximum atomic E-state index is 12.8. The van der Waals surface area contributed by atoms with Gasteiger partial charge in [-0.05, 0) is 68.6 Å². The van der Waals surface area contributed by atoms with Crippen LogP contribution in [0.4, 0.5) is 0 Å². The molecule has 178 valence electrons. The topological polar surface area (TPSA) is 89.2 Å². The van der Waals surface area contributed by atoms with E-state index in [1.807, 2.05) is 0 Å². The Labute approximate surface area is 202 Å². The Balaban J connectivity index is 1.38. The monoisotopic (exact) mass is 481 g/mol. The van der Waals surface area contributed by atoms with Crippen LogP contribution >= 0.6 is 11.6 Å². The van der Waals surface area contributed by atoms with Gasteiger partial charge in [-0.3, -0.25) is 19.1 Å². The van der Waals surface area contributed by atoms with Crippen molar-refractivity contribution in [3.63, 3.8) is 0 Å². The first-order valence-electron chi connectivity index (χ1n) is 11.3. The lowest BCUT2D eigenvalue weighted by Crippen LogP contribution is -2.45. The van der Waals surface area contributed by atoms with Crippen molar-refractivity contribution in [1.29, 1.82) is 0 Å². The number of carbonyl (C=O) groups excluding carboxylic acids is 1. The summed E-state index contributed by atoms with van der Waals surface area (Å²) in [6.45, 7) is 5.38. The summed E-state index contributed by atoms with van der Waals surface area (Å²) < 4.78 is 1.93. The van der Waals surface area contributed by atoms with Crippen LogP contribution in [0, 0.1) is 12.8 Å². The second kappa shape index (κ2) is 10.4. The van der Waals surface area contributed by atoms with Gasteiger partial charge in [0.1, 0.15) is 0 Å². The standard InChI is InChI=1S/C25H28ClN5O3/c1-17-3-5-19(6-4-17)16-30-13-11-18(12-14-30)15-27-23(32)22-24(33)29(2)25(34)31(28-22)21-9-7-20(26)8-10-21/h3-10,18H,11-16H2,1-2H3,(H,27,32). The van der Waals surface area contributed by atoms with E-state index in [0.717, 1.165) is 41.7 Å². The van der Waals surface area contributed by atoms with Crippen LogP contribution in [-0.4, -0.2) is 44.8 Å². The highest BCUT2D eigenvalue weighted by molar-refractivity contribution is 6.30. The largest absolute Gasteiger partial charge is 0.351 e. The molecular weight excluding hydrogens is 454 g/mol. The van der Waals surface area contributed by atoms with Gasteiger partial charge in [-0.1, -0.05) is 41.4 Å². The van der Waals surface area contributed by atoms with Crippen molar-refractivity contribution < 1.29 is 4.79 Å². The van der Waals surface area contributed by atoms with Crippen molar-refractivity contribution >= 4 is 17.5 Å². The van der Waals surface area contributed by atoms with E-state index >= 15 is 0 Å². The van der Waals surface area contributed by atoms with Gasteiger partial charge in [0.25, 0.3) is 11.5 Å². The molecule has 3 aromatic rings. The van der Waals surface area contributed by atoms with Gasteiger partial charge in [-0.25, -0.2) is 4.79 Å². The number of piperidine rings is 1.